The van der Waals surface area contributed by atoms with Gasteiger partial charge in [-0.2, -0.15) is 5.10 Å². The van der Waals surface area contributed by atoms with Crippen molar-refractivity contribution < 1.29 is 9.59 Å². The summed E-state index contributed by atoms with van der Waals surface area (Å²) in [4.78, 5) is 28.5. The Morgan fingerprint density at radius 3 is 2.75 bits per heavy atom. The van der Waals surface area contributed by atoms with Gasteiger partial charge in [0.05, 0.1) is 5.69 Å². The second-order valence-electron chi connectivity index (χ2n) is 5.74. The minimum absolute atomic E-state index is 0.129. The lowest BCUT2D eigenvalue weighted by Gasteiger charge is -2.24. The van der Waals surface area contributed by atoms with Crippen LogP contribution in [0.3, 0.4) is 0 Å². The molecule has 1 N–H and O–H groups in total. The molecular formula is C16H18N6O2. The van der Waals surface area contributed by atoms with E-state index < -0.39 is 5.91 Å². The molecule has 8 nitrogen and oxygen atoms in total. The molecule has 2 amide bonds. The number of rotatable bonds is 3. The summed E-state index contributed by atoms with van der Waals surface area (Å²) in [5.74, 6) is -0.319. The summed E-state index contributed by atoms with van der Waals surface area (Å²) < 4.78 is 1.49. The summed E-state index contributed by atoms with van der Waals surface area (Å²) in [5, 5.41) is 12.2. The first-order valence-electron chi connectivity index (χ1n) is 7.59. The van der Waals surface area contributed by atoms with Gasteiger partial charge in [-0.3, -0.25) is 19.6 Å². The van der Waals surface area contributed by atoms with E-state index in [0.717, 1.165) is 11.1 Å². The smallest absolute Gasteiger partial charge is 0.274 e. The Labute approximate surface area is 139 Å². The number of carbonyl (C=O) groups excluding carboxylic acids is 2. The third-order valence-corrected chi connectivity index (χ3v) is 3.71. The van der Waals surface area contributed by atoms with Crippen molar-refractivity contribution in [3.63, 3.8) is 0 Å². The predicted molar refractivity (Wildman–Crippen MR) is 89.7 cm³/mol. The third kappa shape index (κ3) is 3.17. The van der Waals surface area contributed by atoms with Crippen LogP contribution in [-0.4, -0.2) is 32.3 Å². The van der Waals surface area contributed by atoms with Crippen LogP contribution in [0.4, 0.5) is 11.6 Å². The summed E-state index contributed by atoms with van der Waals surface area (Å²) >= 11 is 0. The molecule has 1 aliphatic rings. The lowest BCUT2D eigenvalue weighted by atomic mass is 10.1. The SMILES string of the molecule is Cc1ccc(C)c(N2N=C(C(=O)Nc3ncn(C)n3)CCC2=O)c1. The van der Waals surface area contributed by atoms with Crippen molar-refractivity contribution in [1.82, 2.24) is 14.8 Å². The quantitative estimate of drug-likeness (QED) is 0.926. The van der Waals surface area contributed by atoms with E-state index in [9.17, 15) is 9.59 Å². The molecule has 124 valence electrons. The molecule has 0 saturated carbocycles. The number of aryl methyl sites for hydroxylation is 3. The van der Waals surface area contributed by atoms with Crippen molar-refractivity contribution >= 4 is 29.2 Å². The average Bonchev–Trinajstić information content (AvgIpc) is 2.95. The Kier molecular flexibility index (Phi) is 4.11. The number of benzene rings is 1. The third-order valence-electron chi connectivity index (χ3n) is 3.71. The number of carbonyl (C=O) groups is 2. The molecule has 24 heavy (non-hydrogen) atoms. The van der Waals surface area contributed by atoms with Crippen LogP contribution in [0.5, 0.6) is 0 Å². The fourth-order valence-electron chi connectivity index (χ4n) is 2.42. The van der Waals surface area contributed by atoms with E-state index in [0.29, 0.717) is 12.1 Å². The van der Waals surface area contributed by atoms with Crippen LogP contribution in [0.2, 0.25) is 0 Å². The maximum atomic E-state index is 12.3. The molecule has 0 atom stereocenters. The van der Waals surface area contributed by atoms with E-state index in [1.165, 1.54) is 16.0 Å². The van der Waals surface area contributed by atoms with Crippen LogP contribution in [0.1, 0.15) is 24.0 Å². The van der Waals surface area contributed by atoms with E-state index in [1.807, 2.05) is 32.0 Å². The summed E-state index contributed by atoms with van der Waals surface area (Å²) in [5.41, 5.74) is 2.92. The molecule has 0 unspecified atom stereocenters. The molecule has 8 heteroatoms. The van der Waals surface area contributed by atoms with E-state index in [-0.39, 0.29) is 24.0 Å². The van der Waals surface area contributed by atoms with E-state index >= 15 is 0 Å². The molecule has 0 bridgehead atoms. The van der Waals surface area contributed by atoms with Crippen molar-refractivity contribution in [3.05, 3.63) is 35.7 Å². The fraction of sp³-hybridized carbons (Fsp3) is 0.312. The molecule has 0 spiro atoms. The zero-order valence-corrected chi connectivity index (χ0v) is 13.8. The first-order valence-corrected chi connectivity index (χ1v) is 7.59. The Morgan fingerprint density at radius 2 is 2.04 bits per heavy atom. The minimum atomic E-state index is -0.399. The minimum Gasteiger partial charge on any atom is -0.288 e. The molecule has 1 aromatic carbocycles. The number of hydrazone groups is 1. The summed E-state index contributed by atoms with van der Waals surface area (Å²) in [6.45, 7) is 3.85. The van der Waals surface area contributed by atoms with Gasteiger partial charge in [0.15, 0.2) is 0 Å². The van der Waals surface area contributed by atoms with Gasteiger partial charge in [0.25, 0.3) is 5.91 Å². The highest BCUT2D eigenvalue weighted by molar-refractivity contribution is 6.44. The van der Waals surface area contributed by atoms with Crippen LogP contribution in [0.15, 0.2) is 29.6 Å². The largest absolute Gasteiger partial charge is 0.288 e. The summed E-state index contributed by atoms with van der Waals surface area (Å²) in [6.07, 6.45) is 2.01. The maximum absolute atomic E-state index is 12.3. The standard InChI is InChI=1S/C16H18N6O2/c1-10-4-5-11(2)13(8-10)22-14(23)7-6-12(19-22)15(24)18-16-17-9-21(3)20-16/h4-5,8-9H,6-7H2,1-3H3,(H,18,20,24). The highest BCUT2D eigenvalue weighted by Crippen LogP contribution is 2.25. The van der Waals surface area contributed by atoms with Crippen molar-refractivity contribution in [2.75, 3.05) is 10.3 Å². The number of amides is 2. The van der Waals surface area contributed by atoms with Crippen LogP contribution in [0.25, 0.3) is 0 Å². The average molecular weight is 326 g/mol. The molecule has 3 rings (SSSR count). The Bertz CT molecular complexity index is 839. The Morgan fingerprint density at radius 1 is 1.25 bits per heavy atom. The number of nitrogens with one attached hydrogen (secondary N) is 1. The van der Waals surface area contributed by atoms with Gasteiger partial charge in [-0.25, -0.2) is 9.99 Å². The monoisotopic (exact) mass is 326 g/mol. The number of hydrogen-bond acceptors (Lipinski definition) is 5. The van der Waals surface area contributed by atoms with Crippen LogP contribution in [0, 0.1) is 13.8 Å². The van der Waals surface area contributed by atoms with Gasteiger partial charge in [-0.1, -0.05) is 12.1 Å². The van der Waals surface area contributed by atoms with Gasteiger partial charge in [0.2, 0.25) is 11.9 Å². The van der Waals surface area contributed by atoms with Gasteiger partial charge in [0, 0.05) is 19.9 Å². The van der Waals surface area contributed by atoms with Gasteiger partial charge in [-0.15, -0.1) is 5.10 Å². The predicted octanol–water partition coefficient (Wildman–Crippen LogP) is 1.55. The van der Waals surface area contributed by atoms with Crippen LogP contribution < -0.4 is 10.3 Å². The first kappa shape index (κ1) is 15.9. The van der Waals surface area contributed by atoms with Gasteiger partial charge < -0.3 is 0 Å². The van der Waals surface area contributed by atoms with Crippen LogP contribution in [-0.2, 0) is 16.6 Å². The van der Waals surface area contributed by atoms with Crippen molar-refractivity contribution in [1.29, 1.82) is 0 Å². The molecule has 0 saturated heterocycles. The number of anilines is 2. The number of aromatic nitrogens is 3. The van der Waals surface area contributed by atoms with Gasteiger partial charge in [-0.05, 0) is 31.0 Å². The lowest BCUT2D eigenvalue weighted by Crippen LogP contribution is -2.36. The normalized spacial score (nSPS) is 14.5. The fourth-order valence-corrected chi connectivity index (χ4v) is 2.42. The van der Waals surface area contributed by atoms with Crippen molar-refractivity contribution in [2.45, 2.75) is 26.7 Å². The molecule has 1 aliphatic heterocycles. The highest BCUT2D eigenvalue weighted by atomic mass is 16.2. The molecule has 1 aromatic heterocycles. The molecule has 0 radical (unpaired) electrons. The molecule has 0 fully saturated rings. The van der Waals surface area contributed by atoms with Crippen molar-refractivity contribution in [2.24, 2.45) is 12.1 Å². The lowest BCUT2D eigenvalue weighted by molar-refractivity contribution is -0.118. The molecular weight excluding hydrogens is 308 g/mol. The second kappa shape index (κ2) is 6.23. The zero-order chi connectivity index (χ0) is 17.3. The number of nitrogens with zero attached hydrogens (tertiary/aromatic N) is 5. The van der Waals surface area contributed by atoms with E-state index in [1.54, 1.807) is 7.05 Å². The van der Waals surface area contributed by atoms with Crippen molar-refractivity contribution in [3.8, 4) is 0 Å². The second-order valence-corrected chi connectivity index (χ2v) is 5.74. The zero-order valence-electron chi connectivity index (χ0n) is 13.8. The molecule has 2 aromatic rings. The maximum Gasteiger partial charge on any atom is 0.274 e. The highest BCUT2D eigenvalue weighted by Gasteiger charge is 2.27. The molecule has 0 aliphatic carbocycles. The summed E-state index contributed by atoms with van der Waals surface area (Å²) in [6, 6.07) is 5.79. The topological polar surface area (TPSA) is 92.5 Å². The van der Waals surface area contributed by atoms with E-state index in [2.05, 4.69) is 20.5 Å². The van der Waals surface area contributed by atoms with Crippen LogP contribution >= 0.6 is 0 Å². The first-order chi connectivity index (χ1) is 11.4. The molecule has 2 heterocycles. The van der Waals surface area contributed by atoms with Gasteiger partial charge in [0.1, 0.15) is 12.0 Å². The van der Waals surface area contributed by atoms with Gasteiger partial charge >= 0.3 is 0 Å². The Balaban J connectivity index is 1.87. The van der Waals surface area contributed by atoms with E-state index in [4.69, 9.17) is 0 Å². The summed E-state index contributed by atoms with van der Waals surface area (Å²) in [7, 11) is 1.71. The number of hydrogen-bond donors (Lipinski definition) is 1. The Hall–Kier alpha value is -3.03.